The van der Waals surface area contributed by atoms with E-state index in [1.54, 1.807) is 4.90 Å². The summed E-state index contributed by atoms with van der Waals surface area (Å²) in [5, 5.41) is 6.40. The van der Waals surface area contributed by atoms with Crippen LogP contribution in [0.4, 0.5) is 0 Å². The number of carbonyl (C=O) groups excluding carboxylic acids is 2. The van der Waals surface area contributed by atoms with Crippen LogP contribution in [0.3, 0.4) is 0 Å². The molecule has 3 atom stereocenters. The number of carbonyl (C=O) groups is 2. The van der Waals surface area contributed by atoms with Crippen LogP contribution in [0.25, 0.3) is 0 Å². The molecule has 0 bridgehead atoms. The highest BCUT2D eigenvalue weighted by molar-refractivity contribution is 6.01. The fourth-order valence-corrected chi connectivity index (χ4v) is 4.68. The maximum atomic E-state index is 12.9. The lowest BCUT2D eigenvalue weighted by Crippen LogP contribution is -2.49. The topological polar surface area (TPSA) is 70.7 Å². The van der Waals surface area contributed by atoms with E-state index < -0.39 is 6.04 Å². The Morgan fingerprint density at radius 3 is 2.86 bits per heavy atom. The van der Waals surface area contributed by atoms with Crippen LogP contribution in [-0.4, -0.2) is 41.4 Å². The van der Waals surface area contributed by atoms with Gasteiger partial charge in [-0.1, -0.05) is 19.9 Å². The van der Waals surface area contributed by atoms with E-state index in [-0.39, 0.29) is 17.9 Å². The van der Waals surface area contributed by atoms with Gasteiger partial charge in [0.1, 0.15) is 17.9 Å². The molecule has 6 heteroatoms. The van der Waals surface area contributed by atoms with Gasteiger partial charge in [-0.15, -0.1) is 0 Å². The van der Waals surface area contributed by atoms with Crippen LogP contribution in [0.1, 0.15) is 67.8 Å². The standard InChI is InChI=1S/C23H31N3O3/c1-3-12-24-19-6-4-5-7-21(19)29-17-9-10-18-16(13-17)14-26(23(18)28)20-11-8-15(2)25-22(20)27/h9-10,13,19-21,24H,2-8,11-12,14H2,1H3,(H,25,27)/t19-,20?,21-/m1/s1. The lowest BCUT2D eigenvalue weighted by molar-refractivity contribution is -0.126. The van der Waals surface area contributed by atoms with Gasteiger partial charge in [-0.2, -0.15) is 0 Å². The number of ether oxygens (including phenoxy) is 1. The molecule has 2 heterocycles. The Bertz CT molecular complexity index is 807. The molecule has 1 saturated heterocycles. The summed E-state index contributed by atoms with van der Waals surface area (Å²) in [6, 6.07) is 5.69. The fourth-order valence-electron chi connectivity index (χ4n) is 4.68. The van der Waals surface area contributed by atoms with E-state index in [0.29, 0.717) is 31.0 Å². The second-order valence-corrected chi connectivity index (χ2v) is 8.40. The first-order valence-electron chi connectivity index (χ1n) is 10.9. The molecule has 29 heavy (non-hydrogen) atoms. The molecule has 156 valence electrons. The van der Waals surface area contributed by atoms with Crippen LogP contribution < -0.4 is 15.4 Å². The Morgan fingerprint density at radius 2 is 2.07 bits per heavy atom. The van der Waals surface area contributed by atoms with Crippen molar-refractivity contribution in [2.75, 3.05) is 6.54 Å². The molecule has 2 amide bonds. The van der Waals surface area contributed by atoms with Crippen LogP contribution >= 0.6 is 0 Å². The third kappa shape index (κ3) is 4.17. The van der Waals surface area contributed by atoms with Crippen LogP contribution in [0.15, 0.2) is 30.5 Å². The number of nitrogens with zero attached hydrogens (tertiary/aromatic N) is 1. The number of amides is 2. The van der Waals surface area contributed by atoms with E-state index in [9.17, 15) is 9.59 Å². The second-order valence-electron chi connectivity index (χ2n) is 8.40. The van der Waals surface area contributed by atoms with E-state index in [1.165, 1.54) is 12.8 Å². The van der Waals surface area contributed by atoms with Crippen molar-refractivity contribution >= 4 is 11.8 Å². The smallest absolute Gasteiger partial charge is 0.255 e. The van der Waals surface area contributed by atoms with E-state index in [1.807, 2.05) is 18.2 Å². The zero-order valence-electron chi connectivity index (χ0n) is 17.2. The summed E-state index contributed by atoms with van der Waals surface area (Å²) < 4.78 is 6.36. The molecule has 2 aliphatic heterocycles. The molecule has 0 aromatic heterocycles. The summed E-state index contributed by atoms with van der Waals surface area (Å²) in [6.45, 7) is 7.46. The fraction of sp³-hybridized carbons (Fsp3) is 0.565. The van der Waals surface area contributed by atoms with Crippen molar-refractivity contribution in [3.63, 3.8) is 0 Å². The Labute approximate surface area is 172 Å². The number of allylic oxidation sites excluding steroid dienone is 1. The first-order chi connectivity index (χ1) is 14.1. The van der Waals surface area contributed by atoms with Crippen molar-refractivity contribution < 1.29 is 14.3 Å². The third-order valence-corrected chi connectivity index (χ3v) is 6.25. The van der Waals surface area contributed by atoms with Gasteiger partial charge in [0.2, 0.25) is 5.91 Å². The molecule has 4 rings (SSSR count). The number of piperidine rings is 1. The van der Waals surface area contributed by atoms with Crippen molar-refractivity contribution in [3.8, 4) is 5.75 Å². The van der Waals surface area contributed by atoms with Crippen LogP contribution in [-0.2, 0) is 11.3 Å². The minimum atomic E-state index is -0.425. The maximum Gasteiger partial charge on any atom is 0.255 e. The molecular weight excluding hydrogens is 366 g/mol. The summed E-state index contributed by atoms with van der Waals surface area (Å²) in [4.78, 5) is 26.9. The van der Waals surface area contributed by atoms with Gasteiger partial charge in [0.05, 0.1) is 0 Å². The number of hydrogen-bond acceptors (Lipinski definition) is 4. The highest BCUT2D eigenvalue weighted by Gasteiger charge is 2.38. The molecule has 0 radical (unpaired) electrons. The number of rotatable bonds is 6. The number of benzene rings is 1. The molecule has 2 fully saturated rings. The summed E-state index contributed by atoms with van der Waals surface area (Å²) >= 11 is 0. The number of nitrogens with one attached hydrogen (secondary N) is 2. The molecular formula is C23H31N3O3. The Morgan fingerprint density at radius 1 is 1.24 bits per heavy atom. The highest BCUT2D eigenvalue weighted by Crippen LogP contribution is 2.32. The third-order valence-electron chi connectivity index (χ3n) is 6.25. The molecule has 1 aromatic rings. The predicted octanol–water partition coefficient (Wildman–Crippen LogP) is 3.12. The van der Waals surface area contributed by atoms with E-state index in [0.717, 1.165) is 42.8 Å². The Balaban J connectivity index is 1.46. The quantitative estimate of drug-likeness (QED) is 0.774. The lowest BCUT2D eigenvalue weighted by Gasteiger charge is -2.32. The molecule has 0 spiro atoms. The molecule has 6 nitrogen and oxygen atoms in total. The zero-order valence-corrected chi connectivity index (χ0v) is 17.2. The van der Waals surface area contributed by atoms with E-state index in [2.05, 4.69) is 24.1 Å². The van der Waals surface area contributed by atoms with Gasteiger partial charge in [-0.25, -0.2) is 0 Å². The molecule has 1 aromatic carbocycles. The predicted molar refractivity (Wildman–Crippen MR) is 112 cm³/mol. The molecule has 1 saturated carbocycles. The molecule has 1 aliphatic carbocycles. The van der Waals surface area contributed by atoms with Crippen molar-refractivity contribution in [2.24, 2.45) is 0 Å². The van der Waals surface area contributed by atoms with Gasteiger partial charge < -0.3 is 20.3 Å². The van der Waals surface area contributed by atoms with E-state index >= 15 is 0 Å². The van der Waals surface area contributed by atoms with Gasteiger partial charge in [-0.05, 0) is 68.8 Å². The van der Waals surface area contributed by atoms with Crippen LogP contribution in [0.5, 0.6) is 5.75 Å². The largest absolute Gasteiger partial charge is 0.489 e. The average molecular weight is 398 g/mol. The molecule has 3 aliphatic rings. The highest BCUT2D eigenvalue weighted by atomic mass is 16.5. The first-order valence-corrected chi connectivity index (χ1v) is 10.9. The minimum absolute atomic E-state index is 0.0700. The summed E-state index contributed by atoms with van der Waals surface area (Å²) in [7, 11) is 0. The zero-order chi connectivity index (χ0) is 20.4. The number of hydrogen-bond donors (Lipinski definition) is 2. The Hall–Kier alpha value is -2.34. The first kappa shape index (κ1) is 20.0. The summed E-state index contributed by atoms with van der Waals surface area (Å²) in [5.41, 5.74) is 2.35. The molecule has 1 unspecified atom stereocenters. The monoisotopic (exact) mass is 397 g/mol. The van der Waals surface area contributed by atoms with Crippen LogP contribution in [0, 0.1) is 0 Å². The van der Waals surface area contributed by atoms with Gasteiger partial charge >= 0.3 is 0 Å². The van der Waals surface area contributed by atoms with E-state index in [4.69, 9.17) is 4.74 Å². The SMILES string of the molecule is C=C1CCC(N2Cc3cc(O[C@@H]4CCCC[C@H]4NCCC)ccc3C2=O)C(=O)N1. The summed E-state index contributed by atoms with van der Waals surface area (Å²) in [6.07, 6.45) is 7.23. The lowest BCUT2D eigenvalue weighted by atomic mass is 9.92. The normalized spacial score (nSPS) is 27.0. The summed E-state index contributed by atoms with van der Waals surface area (Å²) in [5.74, 6) is 0.611. The van der Waals surface area contributed by atoms with Gasteiger partial charge in [-0.3, -0.25) is 9.59 Å². The van der Waals surface area contributed by atoms with Gasteiger partial charge in [0.15, 0.2) is 0 Å². The Kier molecular flexibility index (Phi) is 5.90. The van der Waals surface area contributed by atoms with Crippen molar-refractivity contribution in [1.82, 2.24) is 15.5 Å². The van der Waals surface area contributed by atoms with Gasteiger partial charge in [0.25, 0.3) is 5.91 Å². The molecule has 2 N–H and O–H groups in total. The average Bonchev–Trinajstić information content (AvgIpc) is 3.03. The van der Waals surface area contributed by atoms with Crippen molar-refractivity contribution in [3.05, 3.63) is 41.6 Å². The second kappa shape index (κ2) is 8.57. The van der Waals surface area contributed by atoms with Crippen molar-refractivity contribution in [2.45, 2.75) is 76.6 Å². The van der Waals surface area contributed by atoms with Crippen LogP contribution in [0.2, 0.25) is 0 Å². The van der Waals surface area contributed by atoms with Gasteiger partial charge in [0, 0.05) is 23.8 Å². The number of fused-ring (bicyclic) bond motifs is 1. The van der Waals surface area contributed by atoms with Crippen molar-refractivity contribution in [1.29, 1.82) is 0 Å². The maximum absolute atomic E-state index is 12.9. The minimum Gasteiger partial charge on any atom is -0.489 e.